The normalized spacial score (nSPS) is 18.5. The molecule has 1 saturated heterocycles. The van der Waals surface area contributed by atoms with E-state index in [0.717, 1.165) is 42.3 Å². The van der Waals surface area contributed by atoms with E-state index >= 15 is 0 Å². The Morgan fingerprint density at radius 1 is 1.21 bits per heavy atom. The van der Waals surface area contributed by atoms with Crippen LogP contribution in [-0.2, 0) is 11.3 Å². The van der Waals surface area contributed by atoms with Crippen molar-refractivity contribution in [1.29, 1.82) is 0 Å². The number of methoxy groups -OCH3 is 1. The van der Waals surface area contributed by atoms with Crippen LogP contribution >= 0.6 is 0 Å². The Hall–Kier alpha value is -2.82. The standard InChI is InChI=1S/C19H19N3O2/c1-24-15-8-6-14(7-9-15)20-19(23)17-10-11-18-21-16-5-3-2-4-13(16)12-22(17)18/h2-9,17H,10-12H2,1H3,(H,20,23)/t17-/m0/s1. The number of ether oxygens (including phenoxy) is 1. The Morgan fingerprint density at radius 3 is 2.79 bits per heavy atom. The number of amidine groups is 1. The molecule has 2 aliphatic rings. The first-order valence-corrected chi connectivity index (χ1v) is 8.11. The smallest absolute Gasteiger partial charge is 0.247 e. The Kier molecular flexibility index (Phi) is 3.69. The first-order chi connectivity index (χ1) is 11.7. The number of carbonyl (C=O) groups excluding carboxylic acids is 1. The highest BCUT2D eigenvalue weighted by molar-refractivity contribution is 6.01. The lowest BCUT2D eigenvalue weighted by molar-refractivity contribution is -0.119. The highest BCUT2D eigenvalue weighted by atomic mass is 16.5. The van der Waals surface area contributed by atoms with E-state index in [2.05, 4.69) is 16.3 Å². The second kappa shape index (κ2) is 6.00. The summed E-state index contributed by atoms with van der Waals surface area (Å²) >= 11 is 0. The fourth-order valence-corrected chi connectivity index (χ4v) is 3.32. The molecule has 5 heteroatoms. The lowest BCUT2D eigenvalue weighted by Crippen LogP contribution is -2.42. The zero-order valence-corrected chi connectivity index (χ0v) is 13.5. The number of hydrogen-bond acceptors (Lipinski definition) is 4. The molecule has 1 fully saturated rings. The minimum Gasteiger partial charge on any atom is -0.497 e. The van der Waals surface area contributed by atoms with E-state index in [0.29, 0.717) is 0 Å². The first kappa shape index (κ1) is 14.8. The van der Waals surface area contributed by atoms with Crippen LogP contribution in [0.3, 0.4) is 0 Å². The van der Waals surface area contributed by atoms with Gasteiger partial charge < -0.3 is 15.0 Å². The van der Waals surface area contributed by atoms with Crippen LogP contribution in [0.4, 0.5) is 11.4 Å². The molecule has 0 saturated carbocycles. The highest BCUT2D eigenvalue weighted by Gasteiger charge is 2.36. The summed E-state index contributed by atoms with van der Waals surface area (Å²) in [4.78, 5) is 19.5. The van der Waals surface area contributed by atoms with Gasteiger partial charge in [-0.3, -0.25) is 4.79 Å². The van der Waals surface area contributed by atoms with Gasteiger partial charge >= 0.3 is 0 Å². The van der Waals surface area contributed by atoms with Gasteiger partial charge in [0.1, 0.15) is 17.6 Å². The Labute approximate surface area is 141 Å². The third-order valence-corrected chi connectivity index (χ3v) is 4.59. The number of anilines is 1. The fraction of sp³-hybridized carbons (Fsp3) is 0.263. The first-order valence-electron chi connectivity index (χ1n) is 8.11. The maximum Gasteiger partial charge on any atom is 0.247 e. The van der Waals surface area contributed by atoms with Gasteiger partial charge in [-0.1, -0.05) is 18.2 Å². The van der Waals surface area contributed by atoms with Gasteiger partial charge in [0.2, 0.25) is 5.91 Å². The van der Waals surface area contributed by atoms with Crippen molar-refractivity contribution in [2.75, 3.05) is 12.4 Å². The number of fused-ring (bicyclic) bond motifs is 2. The Bertz CT molecular complexity index is 799. The molecule has 0 bridgehead atoms. The van der Waals surface area contributed by atoms with Crippen LogP contribution < -0.4 is 10.1 Å². The number of para-hydroxylation sites is 1. The van der Waals surface area contributed by atoms with Gasteiger partial charge in [0.25, 0.3) is 0 Å². The number of amides is 1. The lowest BCUT2D eigenvalue weighted by Gasteiger charge is -2.29. The number of hydrogen-bond donors (Lipinski definition) is 1. The number of rotatable bonds is 3. The Morgan fingerprint density at radius 2 is 2.00 bits per heavy atom. The fourth-order valence-electron chi connectivity index (χ4n) is 3.32. The molecular weight excluding hydrogens is 302 g/mol. The average Bonchev–Trinajstić information content (AvgIpc) is 3.03. The summed E-state index contributed by atoms with van der Waals surface area (Å²) in [6, 6.07) is 15.3. The summed E-state index contributed by atoms with van der Waals surface area (Å²) in [5.41, 5.74) is 2.98. The van der Waals surface area contributed by atoms with Crippen LogP contribution in [0.15, 0.2) is 53.5 Å². The van der Waals surface area contributed by atoms with Crippen molar-refractivity contribution in [3.05, 3.63) is 54.1 Å². The minimum atomic E-state index is -0.167. The van der Waals surface area contributed by atoms with Gasteiger partial charge in [-0.05, 0) is 42.3 Å². The van der Waals surface area contributed by atoms with Crippen molar-refractivity contribution in [1.82, 2.24) is 4.90 Å². The molecule has 1 amide bonds. The molecule has 2 aliphatic heterocycles. The molecule has 24 heavy (non-hydrogen) atoms. The second-order valence-corrected chi connectivity index (χ2v) is 6.06. The summed E-state index contributed by atoms with van der Waals surface area (Å²) in [7, 11) is 1.63. The van der Waals surface area contributed by atoms with Crippen LogP contribution in [0.25, 0.3) is 0 Å². The molecule has 4 rings (SSSR count). The van der Waals surface area contributed by atoms with E-state index in [1.165, 1.54) is 5.56 Å². The van der Waals surface area contributed by atoms with E-state index in [1.807, 2.05) is 42.5 Å². The number of benzene rings is 2. The van der Waals surface area contributed by atoms with E-state index in [9.17, 15) is 4.79 Å². The van der Waals surface area contributed by atoms with E-state index in [-0.39, 0.29) is 11.9 Å². The number of aliphatic imine (C=N–C) groups is 1. The van der Waals surface area contributed by atoms with Crippen molar-refractivity contribution in [3.63, 3.8) is 0 Å². The van der Waals surface area contributed by atoms with Crippen LogP contribution in [0.1, 0.15) is 18.4 Å². The van der Waals surface area contributed by atoms with Gasteiger partial charge in [0.05, 0.1) is 12.8 Å². The van der Waals surface area contributed by atoms with E-state index < -0.39 is 0 Å². The molecule has 1 atom stereocenters. The highest BCUT2D eigenvalue weighted by Crippen LogP contribution is 2.33. The maximum atomic E-state index is 12.7. The van der Waals surface area contributed by atoms with Crippen molar-refractivity contribution in [2.45, 2.75) is 25.4 Å². The van der Waals surface area contributed by atoms with Crippen LogP contribution in [0.2, 0.25) is 0 Å². The van der Waals surface area contributed by atoms with Gasteiger partial charge in [0.15, 0.2) is 0 Å². The monoisotopic (exact) mass is 321 g/mol. The maximum absolute atomic E-state index is 12.7. The van der Waals surface area contributed by atoms with Crippen molar-refractivity contribution < 1.29 is 9.53 Å². The minimum absolute atomic E-state index is 0.0183. The molecule has 2 aromatic carbocycles. The van der Waals surface area contributed by atoms with Crippen LogP contribution in [-0.4, -0.2) is 29.8 Å². The van der Waals surface area contributed by atoms with E-state index in [4.69, 9.17) is 9.73 Å². The number of nitrogens with zero attached hydrogens (tertiary/aromatic N) is 2. The molecule has 2 aromatic rings. The molecule has 0 unspecified atom stereocenters. The van der Waals surface area contributed by atoms with Gasteiger partial charge in [-0.2, -0.15) is 0 Å². The van der Waals surface area contributed by atoms with Gasteiger partial charge in [-0.25, -0.2) is 4.99 Å². The molecule has 122 valence electrons. The Balaban J connectivity index is 1.50. The number of carbonyl (C=O) groups is 1. The SMILES string of the molecule is COc1ccc(NC(=O)[C@@H]2CCC3=Nc4ccccc4CN32)cc1. The predicted octanol–water partition coefficient (Wildman–Crippen LogP) is 3.34. The van der Waals surface area contributed by atoms with Gasteiger partial charge in [0, 0.05) is 18.7 Å². The molecule has 0 spiro atoms. The van der Waals surface area contributed by atoms with E-state index in [1.54, 1.807) is 7.11 Å². The zero-order chi connectivity index (χ0) is 16.5. The molecule has 0 aliphatic carbocycles. The zero-order valence-electron chi connectivity index (χ0n) is 13.5. The summed E-state index contributed by atoms with van der Waals surface area (Å²) in [6.45, 7) is 0.746. The second-order valence-electron chi connectivity index (χ2n) is 6.06. The number of nitrogens with one attached hydrogen (secondary N) is 1. The molecule has 5 nitrogen and oxygen atoms in total. The van der Waals surface area contributed by atoms with Crippen LogP contribution in [0, 0.1) is 0 Å². The van der Waals surface area contributed by atoms with Crippen LogP contribution in [0.5, 0.6) is 5.75 Å². The molecular formula is C19H19N3O2. The molecule has 2 heterocycles. The average molecular weight is 321 g/mol. The topological polar surface area (TPSA) is 53.9 Å². The third-order valence-electron chi connectivity index (χ3n) is 4.59. The quantitative estimate of drug-likeness (QED) is 0.943. The summed E-state index contributed by atoms with van der Waals surface area (Å²) < 4.78 is 5.14. The third kappa shape index (κ3) is 2.62. The summed E-state index contributed by atoms with van der Waals surface area (Å²) in [5.74, 6) is 1.81. The van der Waals surface area contributed by atoms with Gasteiger partial charge in [-0.15, -0.1) is 0 Å². The van der Waals surface area contributed by atoms with Crippen molar-refractivity contribution in [2.24, 2.45) is 4.99 Å². The molecule has 0 radical (unpaired) electrons. The summed E-state index contributed by atoms with van der Waals surface area (Å²) in [5, 5.41) is 3.00. The predicted molar refractivity (Wildman–Crippen MR) is 93.7 cm³/mol. The molecule has 1 N–H and O–H groups in total. The van der Waals surface area contributed by atoms with Crippen molar-refractivity contribution in [3.8, 4) is 5.75 Å². The van der Waals surface area contributed by atoms with Crippen molar-refractivity contribution >= 4 is 23.1 Å². The lowest BCUT2D eigenvalue weighted by atomic mass is 10.1. The summed E-state index contributed by atoms with van der Waals surface area (Å²) in [6.07, 6.45) is 1.64. The largest absolute Gasteiger partial charge is 0.497 e. The molecule has 0 aromatic heterocycles.